The number of hydrogen-bond acceptors (Lipinski definition) is 2. The molecule has 1 saturated heterocycles. The van der Waals surface area contributed by atoms with Crippen molar-refractivity contribution in [3.05, 3.63) is 48.3 Å². The summed E-state index contributed by atoms with van der Waals surface area (Å²) < 4.78 is 1.87. The number of piperidine rings is 1. The standard InChI is InChI=1S/C18H25N5.HI/c1-15-8-12-22(13-9-15)18(19-2)20-14-16-4-6-17(7-5-16)23-11-3-10-21-23;/h3-7,10-11,15H,8-9,12-14H2,1-2H3,(H,19,20);1H. The van der Waals surface area contributed by atoms with Crippen LogP contribution in [0.3, 0.4) is 0 Å². The molecule has 5 nitrogen and oxygen atoms in total. The highest BCUT2D eigenvalue weighted by molar-refractivity contribution is 14.0. The second-order valence-electron chi connectivity index (χ2n) is 6.19. The van der Waals surface area contributed by atoms with Gasteiger partial charge in [-0.1, -0.05) is 19.1 Å². The fourth-order valence-corrected chi connectivity index (χ4v) is 2.92. The fourth-order valence-electron chi connectivity index (χ4n) is 2.92. The van der Waals surface area contributed by atoms with Gasteiger partial charge >= 0.3 is 0 Å². The van der Waals surface area contributed by atoms with Crippen LogP contribution >= 0.6 is 24.0 Å². The van der Waals surface area contributed by atoms with E-state index in [9.17, 15) is 0 Å². The third-order valence-corrected chi connectivity index (χ3v) is 4.45. The summed E-state index contributed by atoms with van der Waals surface area (Å²) in [6.07, 6.45) is 6.24. The van der Waals surface area contributed by atoms with Crippen molar-refractivity contribution >= 4 is 29.9 Å². The molecule has 0 radical (unpaired) electrons. The zero-order valence-corrected chi connectivity index (χ0v) is 16.7. The molecule has 0 aliphatic carbocycles. The van der Waals surface area contributed by atoms with E-state index in [1.165, 1.54) is 18.4 Å². The van der Waals surface area contributed by atoms with Crippen LogP contribution in [0.5, 0.6) is 0 Å². The third-order valence-electron chi connectivity index (χ3n) is 4.45. The lowest BCUT2D eigenvalue weighted by atomic mass is 10.00. The Hall–Kier alpha value is -1.57. The second-order valence-corrected chi connectivity index (χ2v) is 6.19. The van der Waals surface area contributed by atoms with Gasteiger partial charge in [-0.3, -0.25) is 4.99 Å². The molecule has 3 rings (SSSR count). The average Bonchev–Trinajstić information content (AvgIpc) is 3.12. The Kier molecular flexibility index (Phi) is 7.08. The molecule has 2 heterocycles. The van der Waals surface area contributed by atoms with Gasteiger partial charge < -0.3 is 10.2 Å². The lowest BCUT2D eigenvalue weighted by Crippen LogP contribution is -2.45. The zero-order valence-electron chi connectivity index (χ0n) is 14.4. The molecule has 0 saturated carbocycles. The number of hydrogen-bond donors (Lipinski definition) is 1. The first-order chi connectivity index (χ1) is 11.3. The molecule has 0 atom stereocenters. The monoisotopic (exact) mass is 439 g/mol. The van der Waals surface area contributed by atoms with Crippen LogP contribution in [0, 0.1) is 5.92 Å². The van der Waals surface area contributed by atoms with E-state index >= 15 is 0 Å². The Morgan fingerprint density at radius 1 is 1.25 bits per heavy atom. The van der Waals surface area contributed by atoms with Gasteiger partial charge in [-0.25, -0.2) is 4.68 Å². The molecule has 130 valence electrons. The van der Waals surface area contributed by atoms with E-state index in [2.05, 4.69) is 51.5 Å². The van der Waals surface area contributed by atoms with Crippen LogP contribution in [0.1, 0.15) is 25.3 Å². The summed E-state index contributed by atoms with van der Waals surface area (Å²) in [6.45, 7) is 5.31. The van der Waals surface area contributed by atoms with Crippen LogP contribution in [0.15, 0.2) is 47.7 Å². The molecular weight excluding hydrogens is 413 g/mol. The summed E-state index contributed by atoms with van der Waals surface area (Å²) in [5.41, 5.74) is 2.32. The Morgan fingerprint density at radius 3 is 2.54 bits per heavy atom. The topological polar surface area (TPSA) is 45.5 Å². The van der Waals surface area contributed by atoms with Crippen molar-refractivity contribution in [3.8, 4) is 5.69 Å². The summed E-state index contributed by atoms with van der Waals surface area (Å²) in [5.74, 6) is 1.84. The van der Waals surface area contributed by atoms with Crippen molar-refractivity contribution in [1.82, 2.24) is 20.0 Å². The fraction of sp³-hybridized carbons (Fsp3) is 0.444. The van der Waals surface area contributed by atoms with Gasteiger partial charge in [-0.05, 0) is 42.5 Å². The SMILES string of the molecule is CN=C(NCc1ccc(-n2cccn2)cc1)N1CCC(C)CC1.I. The highest BCUT2D eigenvalue weighted by atomic mass is 127. The summed E-state index contributed by atoms with van der Waals surface area (Å²) in [5, 5.41) is 7.72. The molecular formula is C18H26IN5. The van der Waals surface area contributed by atoms with Crippen molar-refractivity contribution < 1.29 is 0 Å². The van der Waals surface area contributed by atoms with Crippen molar-refractivity contribution in [2.75, 3.05) is 20.1 Å². The van der Waals surface area contributed by atoms with Crippen LogP contribution in [-0.2, 0) is 6.54 Å². The van der Waals surface area contributed by atoms with Crippen LogP contribution in [-0.4, -0.2) is 40.8 Å². The molecule has 0 unspecified atom stereocenters. The van der Waals surface area contributed by atoms with Gasteiger partial charge in [0.25, 0.3) is 0 Å². The zero-order chi connectivity index (χ0) is 16.1. The first kappa shape index (κ1) is 18.8. The van der Waals surface area contributed by atoms with Gasteiger partial charge in [0, 0.05) is 39.1 Å². The van der Waals surface area contributed by atoms with E-state index in [-0.39, 0.29) is 24.0 Å². The minimum Gasteiger partial charge on any atom is -0.352 e. The largest absolute Gasteiger partial charge is 0.352 e. The molecule has 0 bridgehead atoms. The maximum Gasteiger partial charge on any atom is 0.193 e. The first-order valence-electron chi connectivity index (χ1n) is 8.31. The Morgan fingerprint density at radius 2 is 1.96 bits per heavy atom. The normalized spacial score (nSPS) is 15.9. The molecule has 1 aliphatic heterocycles. The molecule has 0 amide bonds. The van der Waals surface area contributed by atoms with E-state index in [0.717, 1.165) is 37.2 Å². The highest BCUT2D eigenvalue weighted by Gasteiger charge is 2.18. The number of guanidine groups is 1. The van der Waals surface area contributed by atoms with Crippen LogP contribution in [0.2, 0.25) is 0 Å². The van der Waals surface area contributed by atoms with Crippen molar-refractivity contribution in [1.29, 1.82) is 0 Å². The Bertz CT molecular complexity index is 628. The van der Waals surface area contributed by atoms with Crippen LogP contribution < -0.4 is 5.32 Å². The van der Waals surface area contributed by atoms with Crippen LogP contribution in [0.4, 0.5) is 0 Å². The summed E-state index contributed by atoms with van der Waals surface area (Å²) in [6, 6.07) is 10.4. The Balaban J connectivity index is 0.00000208. The first-order valence-corrected chi connectivity index (χ1v) is 8.31. The van der Waals surface area contributed by atoms with Crippen LogP contribution in [0.25, 0.3) is 5.69 Å². The van der Waals surface area contributed by atoms with Gasteiger partial charge in [-0.15, -0.1) is 24.0 Å². The van der Waals surface area contributed by atoms with E-state index in [0.29, 0.717) is 0 Å². The lowest BCUT2D eigenvalue weighted by molar-refractivity contribution is 0.273. The summed E-state index contributed by atoms with van der Waals surface area (Å²) in [4.78, 5) is 6.79. The van der Waals surface area contributed by atoms with Crippen molar-refractivity contribution in [3.63, 3.8) is 0 Å². The molecule has 1 aromatic heterocycles. The molecule has 1 aromatic carbocycles. The van der Waals surface area contributed by atoms with Gasteiger partial charge in [0.05, 0.1) is 5.69 Å². The van der Waals surface area contributed by atoms with E-state index < -0.39 is 0 Å². The van der Waals surface area contributed by atoms with Gasteiger partial charge in [-0.2, -0.15) is 5.10 Å². The third kappa shape index (κ3) is 4.72. The van der Waals surface area contributed by atoms with E-state index in [1.807, 2.05) is 24.0 Å². The molecule has 1 aliphatic rings. The van der Waals surface area contributed by atoms with E-state index in [1.54, 1.807) is 6.20 Å². The summed E-state index contributed by atoms with van der Waals surface area (Å²) >= 11 is 0. The van der Waals surface area contributed by atoms with Gasteiger partial charge in [0.2, 0.25) is 0 Å². The number of aliphatic imine (C=N–C) groups is 1. The minimum atomic E-state index is 0. The maximum atomic E-state index is 4.43. The number of benzene rings is 1. The average molecular weight is 439 g/mol. The number of halogens is 1. The molecule has 1 fully saturated rings. The van der Waals surface area contributed by atoms with Crippen molar-refractivity contribution in [2.24, 2.45) is 10.9 Å². The predicted molar refractivity (Wildman–Crippen MR) is 109 cm³/mol. The second kappa shape index (κ2) is 9.05. The van der Waals surface area contributed by atoms with Gasteiger partial charge in [0.15, 0.2) is 5.96 Å². The molecule has 24 heavy (non-hydrogen) atoms. The van der Waals surface area contributed by atoms with Crippen molar-refractivity contribution in [2.45, 2.75) is 26.3 Å². The molecule has 6 heteroatoms. The smallest absolute Gasteiger partial charge is 0.193 e. The number of nitrogens with one attached hydrogen (secondary N) is 1. The number of likely N-dealkylation sites (tertiary alicyclic amines) is 1. The Labute approximate surface area is 161 Å². The minimum absolute atomic E-state index is 0. The summed E-state index contributed by atoms with van der Waals surface area (Å²) in [7, 11) is 1.86. The number of nitrogens with zero attached hydrogens (tertiary/aromatic N) is 4. The quantitative estimate of drug-likeness (QED) is 0.454. The highest BCUT2D eigenvalue weighted by Crippen LogP contribution is 2.16. The molecule has 1 N–H and O–H groups in total. The van der Waals surface area contributed by atoms with E-state index in [4.69, 9.17) is 0 Å². The predicted octanol–water partition coefficient (Wildman–Crippen LogP) is 3.30. The molecule has 0 spiro atoms. The number of rotatable bonds is 3. The molecule has 2 aromatic rings. The number of aromatic nitrogens is 2. The maximum absolute atomic E-state index is 4.43. The van der Waals surface area contributed by atoms with Gasteiger partial charge in [0.1, 0.15) is 0 Å². The lowest BCUT2D eigenvalue weighted by Gasteiger charge is -2.32.